The van der Waals surface area contributed by atoms with Gasteiger partial charge < -0.3 is 14.7 Å². The Balaban J connectivity index is 0.00000253. The molecule has 35 heavy (non-hydrogen) atoms. The monoisotopic (exact) mass is 500 g/mol. The van der Waals surface area contributed by atoms with E-state index in [9.17, 15) is 4.79 Å². The fourth-order valence-corrected chi connectivity index (χ4v) is 4.15. The molecule has 8 bridgehead atoms. The van der Waals surface area contributed by atoms with E-state index in [4.69, 9.17) is 9.72 Å². The Morgan fingerprint density at radius 3 is 1.83 bits per heavy atom. The number of rotatable bonds is 2. The molecule has 3 aromatic heterocycles. The van der Waals surface area contributed by atoms with Gasteiger partial charge in [0.2, 0.25) is 0 Å². The molecule has 0 amide bonds. The molecular formula is C28H20FeN4O2. The minimum Gasteiger partial charge on any atom is -0.465 e. The molecule has 2 aliphatic heterocycles. The summed E-state index contributed by atoms with van der Waals surface area (Å²) in [7, 11) is 1.38. The number of fused-ring (bicyclic) bond motifs is 8. The number of aromatic nitrogens is 4. The number of nitrogens with zero attached hydrogens (tertiary/aromatic N) is 2. The number of hydrogen-bond donors (Lipinski definition) is 2. The number of esters is 1. The summed E-state index contributed by atoms with van der Waals surface area (Å²) in [6.07, 6.45) is 6.07. The quantitative estimate of drug-likeness (QED) is 0.231. The fraction of sp³-hybridized carbons (Fsp3) is 0.0357. The molecule has 0 atom stereocenters. The average Bonchev–Trinajstić information content (AvgIpc) is 3.64. The van der Waals surface area contributed by atoms with Gasteiger partial charge in [0.25, 0.3) is 0 Å². The van der Waals surface area contributed by atoms with Gasteiger partial charge in [-0.05, 0) is 84.5 Å². The second-order valence-corrected chi connectivity index (χ2v) is 8.16. The van der Waals surface area contributed by atoms with Crippen LogP contribution in [-0.4, -0.2) is 33.0 Å². The van der Waals surface area contributed by atoms with E-state index in [0.29, 0.717) is 5.56 Å². The van der Waals surface area contributed by atoms with Crippen molar-refractivity contribution in [3.8, 4) is 0 Å². The number of carbonyl (C=O) groups is 1. The number of methoxy groups -OCH3 is 1. The summed E-state index contributed by atoms with van der Waals surface area (Å²) < 4.78 is 4.82. The number of H-pyrrole nitrogens is 2. The number of benzene rings is 1. The second-order valence-electron chi connectivity index (χ2n) is 8.16. The van der Waals surface area contributed by atoms with E-state index in [-0.39, 0.29) is 23.0 Å². The standard InChI is InChI=1S/C28H20N4O2.Fe/c1-34-28(33)18-4-2-17(3-5-18)26-15-25-14-23-9-8-21(30-23)12-19-6-7-20(29-19)13-22-10-11-24(31-22)16-27(26)32-25;/h2-16,30-31H,1H3;. The Labute approximate surface area is 211 Å². The van der Waals surface area contributed by atoms with E-state index in [1.807, 2.05) is 72.8 Å². The van der Waals surface area contributed by atoms with Crippen molar-refractivity contribution in [3.63, 3.8) is 0 Å². The summed E-state index contributed by atoms with van der Waals surface area (Å²) in [6, 6.07) is 23.6. The Kier molecular flexibility index (Phi) is 5.95. The van der Waals surface area contributed by atoms with Crippen molar-refractivity contribution in [1.29, 1.82) is 0 Å². The van der Waals surface area contributed by atoms with E-state index in [1.165, 1.54) is 7.11 Å². The molecule has 1 aromatic carbocycles. The molecule has 0 unspecified atom stereocenters. The number of ether oxygens (including phenoxy) is 1. The third kappa shape index (κ3) is 4.60. The van der Waals surface area contributed by atoms with Crippen LogP contribution in [0.3, 0.4) is 0 Å². The van der Waals surface area contributed by atoms with Crippen molar-refractivity contribution < 1.29 is 26.6 Å². The van der Waals surface area contributed by atoms with Crippen LogP contribution in [0.1, 0.15) is 38.7 Å². The van der Waals surface area contributed by atoms with E-state index in [0.717, 1.165) is 56.0 Å². The van der Waals surface area contributed by atoms with E-state index in [2.05, 4.69) is 21.0 Å². The minimum absolute atomic E-state index is 0. The van der Waals surface area contributed by atoms with Crippen molar-refractivity contribution in [1.82, 2.24) is 19.9 Å². The molecule has 2 aliphatic rings. The van der Waals surface area contributed by atoms with Crippen LogP contribution in [0.25, 0.3) is 45.9 Å². The Hall–Kier alpha value is -4.19. The molecule has 6 rings (SSSR count). The van der Waals surface area contributed by atoms with Gasteiger partial charge in [-0.2, -0.15) is 0 Å². The second kappa shape index (κ2) is 9.22. The average molecular weight is 500 g/mol. The maximum absolute atomic E-state index is 11.8. The van der Waals surface area contributed by atoms with E-state index < -0.39 is 0 Å². The summed E-state index contributed by atoms with van der Waals surface area (Å²) in [6.45, 7) is 0. The Bertz CT molecular complexity index is 1660. The number of aromatic amines is 2. The molecular weight excluding hydrogens is 480 g/mol. The van der Waals surface area contributed by atoms with Gasteiger partial charge in [-0.25, -0.2) is 14.8 Å². The van der Waals surface area contributed by atoms with E-state index >= 15 is 0 Å². The van der Waals surface area contributed by atoms with Gasteiger partial charge in [0.15, 0.2) is 0 Å². The van der Waals surface area contributed by atoms with Crippen LogP contribution in [0, 0.1) is 0 Å². The van der Waals surface area contributed by atoms with Crippen molar-refractivity contribution in [3.05, 3.63) is 107 Å². The summed E-state index contributed by atoms with van der Waals surface area (Å²) >= 11 is 0. The van der Waals surface area contributed by atoms with Crippen LogP contribution >= 0.6 is 0 Å². The first kappa shape index (κ1) is 22.6. The summed E-state index contributed by atoms with van der Waals surface area (Å²) in [4.78, 5) is 28.2. The first-order chi connectivity index (χ1) is 16.6. The molecule has 0 aliphatic carbocycles. The first-order valence-corrected chi connectivity index (χ1v) is 10.9. The van der Waals surface area contributed by atoms with Gasteiger partial charge in [0.05, 0.1) is 35.4 Å². The third-order valence-electron chi connectivity index (χ3n) is 5.78. The predicted octanol–water partition coefficient (Wildman–Crippen LogP) is 5.86. The smallest absolute Gasteiger partial charge is 0.337 e. The first-order valence-electron chi connectivity index (χ1n) is 10.9. The van der Waals surface area contributed by atoms with Gasteiger partial charge in [-0.15, -0.1) is 0 Å². The Morgan fingerprint density at radius 2 is 1.26 bits per heavy atom. The zero-order valence-electron chi connectivity index (χ0n) is 18.7. The van der Waals surface area contributed by atoms with Crippen LogP contribution in [0.4, 0.5) is 0 Å². The molecule has 0 radical (unpaired) electrons. The molecule has 172 valence electrons. The van der Waals surface area contributed by atoms with E-state index in [1.54, 1.807) is 12.1 Å². The molecule has 0 spiro atoms. The predicted molar refractivity (Wildman–Crippen MR) is 135 cm³/mol. The summed E-state index contributed by atoms with van der Waals surface area (Å²) in [5.41, 5.74) is 9.76. The summed E-state index contributed by atoms with van der Waals surface area (Å²) in [5.74, 6) is -0.355. The Morgan fingerprint density at radius 1 is 0.714 bits per heavy atom. The van der Waals surface area contributed by atoms with Crippen molar-refractivity contribution in [2.45, 2.75) is 0 Å². The van der Waals surface area contributed by atoms with Crippen LogP contribution in [0.2, 0.25) is 0 Å². The van der Waals surface area contributed by atoms with Crippen LogP contribution < -0.4 is 0 Å². The number of hydrogen-bond acceptors (Lipinski definition) is 4. The molecule has 2 N–H and O–H groups in total. The maximum Gasteiger partial charge on any atom is 0.337 e. The van der Waals surface area contributed by atoms with Gasteiger partial charge in [0.1, 0.15) is 0 Å². The largest absolute Gasteiger partial charge is 0.465 e. The topological polar surface area (TPSA) is 83.7 Å². The van der Waals surface area contributed by atoms with Crippen LogP contribution in [0.15, 0.2) is 72.8 Å². The van der Waals surface area contributed by atoms with Crippen LogP contribution in [0.5, 0.6) is 0 Å². The molecule has 7 heteroatoms. The van der Waals surface area contributed by atoms with Gasteiger partial charge in [0, 0.05) is 44.7 Å². The fourth-order valence-electron chi connectivity index (χ4n) is 4.15. The maximum atomic E-state index is 11.8. The van der Waals surface area contributed by atoms with Crippen molar-refractivity contribution in [2.24, 2.45) is 0 Å². The molecule has 0 saturated carbocycles. The van der Waals surface area contributed by atoms with Gasteiger partial charge in [-0.1, -0.05) is 12.1 Å². The zero-order valence-corrected chi connectivity index (χ0v) is 19.8. The van der Waals surface area contributed by atoms with Crippen molar-refractivity contribution >= 4 is 51.8 Å². The number of carbonyl (C=O) groups excluding carboxylic acids is 1. The number of nitrogens with one attached hydrogen (secondary N) is 2. The molecule has 5 heterocycles. The minimum atomic E-state index is -0.355. The molecule has 6 nitrogen and oxygen atoms in total. The molecule has 4 aromatic rings. The third-order valence-corrected chi connectivity index (χ3v) is 5.78. The normalized spacial score (nSPS) is 12.1. The van der Waals surface area contributed by atoms with Gasteiger partial charge >= 0.3 is 5.97 Å². The van der Waals surface area contributed by atoms with Gasteiger partial charge in [-0.3, -0.25) is 0 Å². The SMILES string of the molecule is COC(=O)c1ccc(C2=Cc3cc4ccc(cc5nc(cc6ccc(cc2n3)[nH]6)C=C5)[nH]4)cc1.[Fe]. The van der Waals surface area contributed by atoms with Crippen LogP contribution in [-0.2, 0) is 21.8 Å². The van der Waals surface area contributed by atoms with Crippen molar-refractivity contribution in [2.75, 3.05) is 7.11 Å². The molecule has 0 saturated heterocycles. The molecule has 0 fully saturated rings. The zero-order chi connectivity index (χ0) is 23.1. The summed E-state index contributed by atoms with van der Waals surface area (Å²) in [5, 5.41) is 0.